The zero-order chi connectivity index (χ0) is 14.9. The van der Waals surface area contributed by atoms with E-state index in [1.165, 1.54) is 24.3 Å². The van der Waals surface area contributed by atoms with E-state index < -0.39 is 20.9 Å². The Morgan fingerprint density at radius 1 is 1.19 bits per heavy atom. The molecule has 0 heterocycles. The summed E-state index contributed by atoms with van der Waals surface area (Å²) in [4.78, 5) is 12.6. The van der Waals surface area contributed by atoms with Crippen molar-refractivity contribution in [1.82, 2.24) is 0 Å². The minimum atomic E-state index is -3.75. The monoisotopic (exact) mass is 302 g/mol. The molecule has 1 fully saturated rings. The summed E-state index contributed by atoms with van der Waals surface area (Å²) in [5, 5.41) is 10.8. The fraction of sp³-hybridized carbons (Fsp3) is 0.312. The number of allylic oxidation sites excluding steroid dienone is 2. The van der Waals surface area contributed by atoms with Gasteiger partial charge in [-0.05, 0) is 43.0 Å². The third-order valence-electron chi connectivity index (χ3n) is 5.06. The van der Waals surface area contributed by atoms with Crippen LogP contribution in [0, 0.1) is 11.3 Å². The summed E-state index contributed by atoms with van der Waals surface area (Å²) in [6.45, 7) is 0. The van der Waals surface area contributed by atoms with Crippen molar-refractivity contribution in [3.8, 4) is 0 Å². The van der Waals surface area contributed by atoms with Gasteiger partial charge in [-0.3, -0.25) is 4.79 Å². The largest absolute Gasteiger partial charge is 0.384 e. The van der Waals surface area contributed by atoms with Gasteiger partial charge in [-0.15, -0.1) is 0 Å². The van der Waals surface area contributed by atoms with Crippen molar-refractivity contribution in [3.05, 3.63) is 53.5 Å². The fourth-order valence-corrected chi connectivity index (χ4v) is 6.00. The van der Waals surface area contributed by atoms with E-state index in [1.807, 2.05) is 0 Å². The maximum atomic E-state index is 12.8. The Balaban J connectivity index is 1.90. The predicted molar refractivity (Wildman–Crippen MR) is 76.0 cm³/mol. The molecule has 1 saturated carbocycles. The lowest BCUT2D eigenvalue weighted by atomic mass is 9.62. The maximum Gasteiger partial charge on any atom is 0.203 e. The number of hydrogen-bond acceptors (Lipinski definition) is 4. The second-order valence-corrected chi connectivity index (χ2v) is 7.84. The van der Waals surface area contributed by atoms with Gasteiger partial charge in [-0.2, -0.15) is 0 Å². The van der Waals surface area contributed by atoms with E-state index in [2.05, 4.69) is 0 Å². The highest BCUT2D eigenvalue weighted by molar-refractivity contribution is 7.95. The van der Waals surface area contributed by atoms with Crippen molar-refractivity contribution in [3.63, 3.8) is 0 Å². The zero-order valence-corrected chi connectivity index (χ0v) is 12.0. The van der Waals surface area contributed by atoms with Gasteiger partial charge in [0.05, 0.1) is 9.80 Å². The number of aliphatic hydroxyl groups is 1. The number of benzene rings is 1. The molecule has 108 valence electrons. The summed E-state index contributed by atoms with van der Waals surface area (Å²) >= 11 is 0. The first-order valence-electron chi connectivity index (χ1n) is 6.91. The van der Waals surface area contributed by atoms with Gasteiger partial charge >= 0.3 is 0 Å². The van der Waals surface area contributed by atoms with E-state index in [0.29, 0.717) is 12.8 Å². The molecule has 3 aliphatic carbocycles. The summed E-state index contributed by atoms with van der Waals surface area (Å²) in [6.07, 6.45) is 5.51. The van der Waals surface area contributed by atoms with E-state index in [1.54, 1.807) is 24.3 Å². The molecule has 0 unspecified atom stereocenters. The Labute approximate surface area is 122 Å². The van der Waals surface area contributed by atoms with Crippen LogP contribution in [-0.4, -0.2) is 24.9 Å². The molecule has 1 spiro atoms. The van der Waals surface area contributed by atoms with Crippen LogP contribution in [0.4, 0.5) is 0 Å². The molecule has 5 heteroatoms. The highest BCUT2D eigenvalue weighted by Crippen LogP contribution is 2.67. The van der Waals surface area contributed by atoms with Crippen LogP contribution in [0.3, 0.4) is 0 Å². The van der Waals surface area contributed by atoms with E-state index in [4.69, 9.17) is 0 Å². The molecule has 0 radical (unpaired) electrons. The Hall–Kier alpha value is -1.72. The van der Waals surface area contributed by atoms with Crippen LogP contribution in [0.1, 0.15) is 12.8 Å². The summed E-state index contributed by atoms with van der Waals surface area (Å²) < 4.78 is 25.6. The molecule has 1 aromatic carbocycles. The second-order valence-electron chi connectivity index (χ2n) is 5.92. The van der Waals surface area contributed by atoms with Crippen molar-refractivity contribution in [1.29, 1.82) is 0 Å². The van der Waals surface area contributed by atoms with Gasteiger partial charge in [-0.1, -0.05) is 24.3 Å². The minimum absolute atomic E-state index is 0.0706. The molecule has 3 atom stereocenters. The van der Waals surface area contributed by atoms with Crippen molar-refractivity contribution in [2.75, 3.05) is 0 Å². The average Bonchev–Trinajstić information content (AvgIpc) is 2.83. The first-order valence-corrected chi connectivity index (χ1v) is 8.40. The first kappa shape index (κ1) is 13.0. The van der Waals surface area contributed by atoms with Crippen molar-refractivity contribution in [2.45, 2.75) is 23.3 Å². The van der Waals surface area contributed by atoms with E-state index in [-0.39, 0.29) is 21.5 Å². The topological polar surface area (TPSA) is 71.4 Å². The summed E-state index contributed by atoms with van der Waals surface area (Å²) in [5.74, 6) is -0.469. The van der Waals surface area contributed by atoms with Gasteiger partial charge < -0.3 is 5.11 Å². The molecular weight excluding hydrogens is 288 g/mol. The van der Waals surface area contributed by atoms with E-state index >= 15 is 0 Å². The molecule has 4 rings (SSSR count). The second kappa shape index (κ2) is 3.72. The summed E-state index contributed by atoms with van der Waals surface area (Å²) in [7, 11) is -3.75. The van der Waals surface area contributed by atoms with Gasteiger partial charge in [-0.25, -0.2) is 8.42 Å². The normalized spacial score (nSPS) is 36.9. The lowest BCUT2D eigenvalue weighted by Gasteiger charge is -2.46. The van der Waals surface area contributed by atoms with Gasteiger partial charge in [0, 0.05) is 0 Å². The maximum absolute atomic E-state index is 12.8. The molecule has 0 amide bonds. The number of rotatable bonds is 2. The molecule has 0 saturated heterocycles. The molecule has 3 aliphatic rings. The molecular formula is C16H14O4S. The Bertz CT molecular complexity index is 806. The zero-order valence-electron chi connectivity index (χ0n) is 11.2. The van der Waals surface area contributed by atoms with Crippen LogP contribution < -0.4 is 0 Å². The molecule has 0 bridgehead atoms. The van der Waals surface area contributed by atoms with Crippen LogP contribution >= 0.6 is 0 Å². The van der Waals surface area contributed by atoms with Gasteiger partial charge in [0.15, 0.2) is 5.78 Å². The van der Waals surface area contributed by atoms with Crippen LogP contribution in [0.25, 0.3) is 0 Å². The molecule has 21 heavy (non-hydrogen) atoms. The predicted octanol–water partition coefficient (Wildman–Crippen LogP) is 1.62. The van der Waals surface area contributed by atoms with Crippen LogP contribution in [0.2, 0.25) is 0 Å². The Morgan fingerprint density at radius 2 is 1.90 bits per heavy atom. The quantitative estimate of drug-likeness (QED) is 0.901. The standard InChI is InChI=1S/C16H14O4S/c17-13-7-9-15(18)8-6-11-10-14(16(11,13)15)21(19,20)12-4-2-1-3-5-12/h1-5,7,9-11,18H,6,8H2/t11-,15+,16+/m1/s1. The molecule has 0 aromatic heterocycles. The average molecular weight is 302 g/mol. The Morgan fingerprint density at radius 3 is 2.62 bits per heavy atom. The van der Waals surface area contributed by atoms with Gasteiger partial charge in [0.25, 0.3) is 0 Å². The molecule has 4 nitrogen and oxygen atoms in total. The fourth-order valence-electron chi connectivity index (χ4n) is 4.04. The van der Waals surface area contributed by atoms with E-state index in [0.717, 1.165) is 0 Å². The van der Waals surface area contributed by atoms with Crippen LogP contribution in [0.15, 0.2) is 58.4 Å². The van der Waals surface area contributed by atoms with Crippen molar-refractivity contribution in [2.24, 2.45) is 11.3 Å². The number of carbonyl (C=O) groups excluding carboxylic acids is 1. The SMILES string of the molecule is O=C1C=C[C@@]2(O)CC[C@@H]3C=C(S(=O)(=O)c4ccccc4)[C@@]132. The third kappa shape index (κ3) is 1.29. The van der Waals surface area contributed by atoms with Gasteiger partial charge in [0.2, 0.25) is 9.84 Å². The van der Waals surface area contributed by atoms with Crippen LogP contribution in [0.5, 0.6) is 0 Å². The highest BCUT2D eigenvalue weighted by Gasteiger charge is 2.72. The number of ketones is 1. The van der Waals surface area contributed by atoms with Crippen molar-refractivity contribution < 1.29 is 18.3 Å². The third-order valence-corrected chi connectivity index (χ3v) is 6.99. The molecule has 1 aromatic rings. The Kier molecular flexibility index (Phi) is 2.30. The highest BCUT2D eigenvalue weighted by atomic mass is 32.2. The first-order chi connectivity index (χ1) is 9.93. The van der Waals surface area contributed by atoms with E-state index in [9.17, 15) is 18.3 Å². The summed E-state index contributed by atoms with van der Waals surface area (Å²) in [5.41, 5.74) is -2.62. The van der Waals surface area contributed by atoms with Gasteiger partial charge in [0.1, 0.15) is 11.0 Å². The molecule has 0 aliphatic heterocycles. The smallest absolute Gasteiger partial charge is 0.203 e. The van der Waals surface area contributed by atoms with Crippen LogP contribution in [-0.2, 0) is 14.6 Å². The number of sulfone groups is 1. The molecule has 1 N–H and O–H groups in total. The lowest BCUT2D eigenvalue weighted by Crippen LogP contribution is -2.54. The number of hydrogen-bond donors (Lipinski definition) is 1. The minimum Gasteiger partial charge on any atom is -0.384 e. The van der Waals surface area contributed by atoms with Crippen molar-refractivity contribution >= 4 is 15.6 Å². The summed E-state index contributed by atoms with van der Waals surface area (Å²) in [6, 6.07) is 8.07. The lowest BCUT2D eigenvalue weighted by molar-refractivity contribution is -0.130. The number of carbonyl (C=O) groups is 1.